The lowest BCUT2D eigenvalue weighted by atomic mass is 9.82. The van der Waals surface area contributed by atoms with E-state index in [1.165, 1.54) is 90.4 Å². The van der Waals surface area contributed by atoms with E-state index in [2.05, 4.69) is 158 Å². The summed E-state index contributed by atoms with van der Waals surface area (Å²) in [5, 5.41) is 7.92. The quantitative estimate of drug-likeness (QED) is 0.189. The molecule has 1 aliphatic carbocycles. The van der Waals surface area contributed by atoms with E-state index in [0.29, 0.717) is 0 Å². The normalized spacial score (nSPS) is 13.6. The molecule has 0 saturated heterocycles. The molecular weight excluding hydrogens is 595 g/mol. The van der Waals surface area contributed by atoms with Crippen molar-refractivity contribution in [1.29, 1.82) is 0 Å². The highest BCUT2D eigenvalue weighted by Crippen LogP contribution is 2.51. The van der Waals surface area contributed by atoms with Gasteiger partial charge in [-0.25, -0.2) is 0 Å². The molecule has 0 saturated carbocycles. The Hall–Kier alpha value is -4.96. The monoisotopic (exact) mass is 623 g/mol. The molecule has 10 rings (SSSR count). The van der Waals surface area contributed by atoms with E-state index in [-0.39, 0.29) is 5.41 Å². The van der Waals surface area contributed by atoms with Crippen molar-refractivity contribution < 1.29 is 0 Å². The van der Waals surface area contributed by atoms with Crippen LogP contribution in [0.2, 0.25) is 0 Å². The van der Waals surface area contributed by atoms with E-state index in [1.807, 2.05) is 22.7 Å². The van der Waals surface area contributed by atoms with Crippen LogP contribution in [0.15, 0.2) is 140 Å². The molecule has 1 aliphatic rings. The van der Waals surface area contributed by atoms with Crippen molar-refractivity contribution in [2.45, 2.75) is 19.3 Å². The Labute approximate surface area is 275 Å². The molecule has 0 unspecified atom stereocenters. The van der Waals surface area contributed by atoms with Crippen LogP contribution in [0.25, 0.3) is 62.2 Å². The van der Waals surface area contributed by atoms with Gasteiger partial charge in [0.1, 0.15) is 0 Å². The fourth-order valence-corrected chi connectivity index (χ4v) is 10.1. The summed E-state index contributed by atoms with van der Waals surface area (Å²) in [6.07, 6.45) is 0. The van der Waals surface area contributed by atoms with Crippen molar-refractivity contribution in [2.24, 2.45) is 0 Å². The zero-order valence-electron chi connectivity index (χ0n) is 25.5. The second-order valence-electron chi connectivity index (χ2n) is 13.0. The largest absolute Gasteiger partial charge is 0.310 e. The lowest BCUT2D eigenvalue weighted by Crippen LogP contribution is -2.16. The van der Waals surface area contributed by atoms with Gasteiger partial charge in [0.2, 0.25) is 0 Å². The van der Waals surface area contributed by atoms with Gasteiger partial charge in [-0.2, -0.15) is 0 Å². The van der Waals surface area contributed by atoms with Crippen LogP contribution >= 0.6 is 22.7 Å². The van der Waals surface area contributed by atoms with E-state index < -0.39 is 0 Å². The van der Waals surface area contributed by atoms with E-state index in [1.54, 1.807) is 0 Å². The van der Waals surface area contributed by atoms with E-state index in [0.717, 1.165) is 0 Å². The number of fused-ring (bicyclic) bond motifs is 11. The molecule has 0 radical (unpaired) electrons. The zero-order valence-corrected chi connectivity index (χ0v) is 27.2. The van der Waals surface area contributed by atoms with Gasteiger partial charge >= 0.3 is 0 Å². The Bertz CT molecular complexity index is 2690. The first-order valence-electron chi connectivity index (χ1n) is 15.8. The van der Waals surface area contributed by atoms with Crippen LogP contribution < -0.4 is 4.90 Å². The fourth-order valence-electron chi connectivity index (χ4n) is 7.81. The minimum atomic E-state index is -0.0714. The average Bonchev–Trinajstić information content (AvgIpc) is 3.73. The van der Waals surface area contributed by atoms with Crippen LogP contribution in [0.4, 0.5) is 17.1 Å². The lowest BCUT2D eigenvalue weighted by Gasteiger charge is -2.28. The highest BCUT2D eigenvalue weighted by atomic mass is 32.1. The van der Waals surface area contributed by atoms with Gasteiger partial charge in [-0.05, 0) is 87.6 Å². The van der Waals surface area contributed by atoms with E-state index >= 15 is 0 Å². The van der Waals surface area contributed by atoms with Gasteiger partial charge < -0.3 is 4.90 Å². The molecule has 0 fully saturated rings. The van der Waals surface area contributed by atoms with Crippen LogP contribution in [0.5, 0.6) is 0 Å². The molecular formula is C43H29NS2. The summed E-state index contributed by atoms with van der Waals surface area (Å²) < 4.78 is 5.32. The van der Waals surface area contributed by atoms with Gasteiger partial charge in [-0.1, -0.05) is 98.8 Å². The average molecular weight is 624 g/mol. The second-order valence-corrected chi connectivity index (χ2v) is 15.1. The number of hydrogen-bond acceptors (Lipinski definition) is 3. The second kappa shape index (κ2) is 9.53. The number of hydrogen-bond donors (Lipinski definition) is 0. The number of nitrogens with zero attached hydrogens (tertiary/aromatic N) is 1. The predicted molar refractivity (Wildman–Crippen MR) is 202 cm³/mol. The summed E-state index contributed by atoms with van der Waals surface area (Å²) in [7, 11) is 0. The molecule has 0 aliphatic heterocycles. The number of anilines is 3. The third-order valence-corrected chi connectivity index (χ3v) is 12.3. The van der Waals surface area contributed by atoms with Gasteiger partial charge in [0.25, 0.3) is 0 Å². The first kappa shape index (κ1) is 26.3. The van der Waals surface area contributed by atoms with Crippen LogP contribution in [-0.4, -0.2) is 0 Å². The lowest BCUT2D eigenvalue weighted by molar-refractivity contribution is 0.660. The topological polar surface area (TPSA) is 3.24 Å². The molecule has 0 spiro atoms. The maximum absolute atomic E-state index is 2.46. The standard InChI is InChI=1S/C43H29NS2/c1-43(2)36-12-6-3-9-31(36)32-20-17-28(24-37(32)43)44(29-18-21-34-33-10-4-7-13-38(33)46-41(34)25-29)27-16-19-30-26(23-27)15-22-40-42(30)35-11-5-8-14-39(35)45-40/h3-25H,1-2H3. The molecule has 218 valence electrons. The summed E-state index contributed by atoms with van der Waals surface area (Å²) in [4.78, 5) is 2.46. The molecule has 0 amide bonds. The molecule has 46 heavy (non-hydrogen) atoms. The maximum atomic E-state index is 2.46. The van der Waals surface area contributed by atoms with Crippen molar-refractivity contribution in [3.8, 4) is 11.1 Å². The Morgan fingerprint density at radius 2 is 1.04 bits per heavy atom. The van der Waals surface area contributed by atoms with Crippen LogP contribution in [0.1, 0.15) is 25.0 Å². The van der Waals surface area contributed by atoms with Gasteiger partial charge in [0, 0.05) is 62.8 Å². The van der Waals surface area contributed by atoms with Gasteiger partial charge in [0.05, 0.1) is 0 Å². The fraction of sp³-hybridized carbons (Fsp3) is 0.0698. The van der Waals surface area contributed by atoms with Gasteiger partial charge in [-0.15, -0.1) is 22.7 Å². The Balaban J connectivity index is 1.20. The minimum Gasteiger partial charge on any atom is -0.310 e. The summed E-state index contributed by atoms with van der Waals surface area (Å²) >= 11 is 3.76. The van der Waals surface area contributed by atoms with Gasteiger partial charge in [0.15, 0.2) is 0 Å². The predicted octanol–water partition coefficient (Wildman–Crippen LogP) is 13.4. The van der Waals surface area contributed by atoms with Crippen molar-refractivity contribution in [3.05, 3.63) is 151 Å². The molecule has 0 atom stereocenters. The summed E-state index contributed by atoms with van der Waals surface area (Å²) in [6.45, 7) is 4.73. The first-order valence-corrected chi connectivity index (χ1v) is 17.5. The minimum absolute atomic E-state index is 0.0714. The Morgan fingerprint density at radius 3 is 1.91 bits per heavy atom. The van der Waals surface area contributed by atoms with E-state index in [9.17, 15) is 0 Å². The first-order chi connectivity index (χ1) is 22.5. The van der Waals surface area contributed by atoms with Crippen LogP contribution in [0, 0.1) is 0 Å². The summed E-state index contributed by atoms with van der Waals surface area (Å²) in [5.74, 6) is 0. The number of rotatable bonds is 3. The summed E-state index contributed by atoms with van der Waals surface area (Å²) in [6, 6.07) is 52.1. The zero-order chi connectivity index (χ0) is 30.6. The third kappa shape index (κ3) is 3.67. The van der Waals surface area contributed by atoms with Gasteiger partial charge in [-0.3, -0.25) is 0 Å². The molecule has 1 nitrogen and oxygen atoms in total. The van der Waals surface area contributed by atoms with Crippen molar-refractivity contribution in [2.75, 3.05) is 4.90 Å². The molecule has 2 heterocycles. The Morgan fingerprint density at radius 1 is 0.435 bits per heavy atom. The van der Waals surface area contributed by atoms with Crippen LogP contribution in [0.3, 0.4) is 0 Å². The van der Waals surface area contributed by atoms with Crippen molar-refractivity contribution in [3.63, 3.8) is 0 Å². The molecule has 9 aromatic rings. The highest BCUT2D eigenvalue weighted by Gasteiger charge is 2.35. The molecule has 0 bridgehead atoms. The number of thiophene rings is 2. The summed E-state index contributed by atoms with van der Waals surface area (Å²) in [5.41, 5.74) is 8.93. The van der Waals surface area contributed by atoms with E-state index in [4.69, 9.17) is 0 Å². The highest BCUT2D eigenvalue weighted by molar-refractivity contribution is 7.26. The van der Waals surface area contributed by atoms with Crippen molar-refractivity contribution >= 4 is 90.9 Å². The maximum Gasteiger partial charge on any atom is 0.0476 e. The van der Waals surface area contributed by atoms with Crippen LogP contribution in [-0.2, 0) is 5.41 Å². The molecule has 3 heteroatoms. The smallest absolute Gasteiger partial charge is 0.0476 e. The Kier molecular flexibility index (Phi) is 5.44. The van der Waals surface area contributed by atoms with Crippen molar-refractivity contribution in [1.82, 2.24) is 0 Å². The SMILES string of the molecule is CC1(C)c2ccccc2-c2ccc(N(c3ccc4c(ccc5sc6ccccc6c54)c3)c3ccc4c(c3)sc3ccccc34)cc21. The molecule has 0 N–H and O–H groups in total. The third-order valence-electron chi connectivity index (χ3n) is 10.0. The number of benzene rings is 7. The molecule has 7 aromatic carbocycles. The molecule has 2 aromatic heterocycles.